The van der Waals surface area contributed by atoms with Gasteiger partial charge in [-0.1, -0.05) is 21.6 Å². The number of aliphatic carboxylic acids is 1. The van der Waals surface area contributed by atoms with E-state index in [1.165, 1.54) is 20.8 Å². The third-order valence-electron chi connectivity index (χ3n) is 9.42. The van der Waals surface area contributed by atoms with Gasteiger partial charge in [0.15, 0.2) is 23.8 Å². The third kappa shape index (κ3) is 30.2. The van der Waals surface area contributed by atoms with Crippen molar-refractivity contribution >= 4 is 98.7 Å². The van der Waals surface area contributed by atoms with Crippen molar-refractivity contribution in [2.45, 2.75) is 120 Å². The molecule has 71 heavy (non-hydrogen) atoms. The molecule has 8 atom stereocenters. The maximum Gasteiger partial charge on any atom is 0.321 e. The van der Waals surface area contributed by atoms with Gasteiger partial charge in [-0.05, 0) is 65.2 Å². The molecule has 0 bridgehead atoms. The first kappa shape index (κ1) is 64.0. The van der Waals surface area contributed by atoms with Crippen molar-refractivity contribution in [3.05, 3.63) is 0 Å². The van der Waals surface area contributed by atoms with Crippen LogP contribution < -0.4 is 94.6 Å². The molecule has 0 aromatic carbocycles. The van der Waals surface area contributed by atoms with E-state index in [4.69, 9.17) is 62.4 Å². The van der Waals surface area contributed by atoms with Crippen LogP contribution in [0.5, 0.6) is 0 Å². The van der Waals surface area contributed by atoms with Crippen LogP contribution >= 0.6 is 21.6 Å². The van der Waals surface area contributed by atoms with Gasteiger partial charge in [0, 0.05) is 44.6 Å². The van der Waals surface area contributed by atoms with Gasteiger partial charge < -0.3 is 99.7 Å². The lowest BCUT2D eigenvalue weighted by molar-refractivity contribution is -0.138. The number of carbonyl (C=O) groups excluding carboxylic acids is 8. The number of hydrogen-bond donors (Lipinski definition) is 18. The average Bonchev–Trinajstić information content (AvgIpc) is 3.27. The van der Waals surface area contributed by atoms with Gasteiger partial charge in [-0.2, -0.15) is 0 Å². The van der Waals surface area contributed by atoms with Crippen molar-refractivity contribution in [3.63, 3.8) is 0 Å². The molecule has 0 aliphatic carbocycles. The molecule has 31 nitrogen and oxygen atoms in total. The highest BCUT2D eigenvalue weighted by molar-refractivity contribution is 8.76. The summed E-state index contributed by atoms with van der Waals surface area (Å²) in [5, 5.41) is 26.7. The summed E-state index contributed by atoms with van der Waals surface area (Å²) in [5.41, 5.74) is 54.4. The minimum Gasteiger partial charge on any atom is -0.480 e. The van der Waals surface area contributed by atoms with E-state index in [-0.39, 0.29) is 113 Å². The van der Waals surface area contributed by atoms with Gasteiger partial charge in [-0.25, -0.2) is 0 Å². The molecule has 0 aliphatic rings. The zero-order chi connectivity index (χ0) is 54.2. The van der Waals surface area contributed by atoms with Crippen LogP contribution in [0.15, 0.2) is 20.0 Å². The van der Waals surface area contributed by atoms with Gasteiger partial charge in [-0.15, -0.1) is 0 Å². The van der Waals surface area contributed by atoms with Crippen molar-refractivity contribution < 1.29 is 48.3 Å². The number of primary amides is 1. The Morgan fingerprint density at radius 2 is 0.732 bits per heavy atom. The lowest BCUT2D eigenvalue weighted by Crippen LogP contribution is -2.59. The Labute approximate surface area is 418 Å². The van der Waals surface area contributed by atoms with Gasteiger partial charge in [0.1, 0.15) is 48.3 Å². The van der Waals surface area contributed by atoms with E-state index in [1.807, 2.05) is 0 Å². The molecular formula is C38H73N21O10S2. The number of rotatable bonds is 36. The molecular weight excluding hydrogens is 975 g/mol. The molecule has 0 heterocycles. The largest absolute Gasteiger partial charge is 0.480 e. The first-order valence-corrected chi connectivity index (χ1v) is 24.6. The van der Waals surface area contributed by atoms with Crippen LogP contribution in [0.4, 0.5) is 0 Å². The van der Waals surface area contributed by atoms with Crippen molar-refractivity contribution in [1.29, 1.82) is 0 Å². The Bertz CT molecular complexity index is 1910. The highest BCUT2D eigenvalue weighted by atomic mass is 33.1. The zero-order valence-electron chi connectivity index (χ0n) is 40.0. The van der Waals surface area contributed by atoms with Crippen LogP contribution in [0, 0.1) is 0 Å². The predicted octanol–water partition coefficient (Wildman–Crippen LogP) is -8.07. The topological polar surface area (TPSA) is 568 Å². The Morgan fingerprint density at radius 3 is 1.06 bits per heavy atom. The molecule has 0 saturated carbocycles. The summed E-state index contributed by atoms with van der Waals surface area (Å²) in [7, 11) is 2.12. The van der Waals surface area contributed by atoms with Crippen molar-refractivity contribution in [2.75, 3.05) is 37.7 Å². The Balaban J connectivity index is 6.54. The molecule has 0 spiro atoms. The van der Waals surface area contributed by atoms with Crippen LogP contribution in [-0.4, -0.2) is 168 Å². The zero-order valence-corrected chi connectivity index (χ0v) is 41.7. The molecule has 0 radical (unpaired) electrons. The number of carboxylic acid groups (broad SMARTS) is 1. The van der Waals surface area contributed by atoms with E-state index in [2.05, 4.69) is 57.2 Å². The standard InChI is InChI=1S/C38H73N21O10S2/c1-18(28(62)56-22(27(40)61)8-4-12-49-35(41)42)53-30(64)23(9-5-13-50-36(43)44)58-32(66)25(11-7-15-52-38(47)48)59-31(65)24(10-6-14-51-37(45)46)57-29(63)19(2)54-33(67)26(55-20(3)60)17-71-70-16-21(39)34(68)69/h18-19,21-26H,4-17,39H2,1-3H3,(H2,40,61)(H,53,64)(H,54,67)(H,55,60)(H,56,62)(H,57,63)(H,58,66)(H,59,65)(H,68,69)(H4,41,42,49)(H4,43,44,50)(H4,45,46,51)(H4,47,48,52)/t18-,19-,21+,22?,23?,24?,25?,26?/m1/s1. The fourth-order valence-corrected chi connectivity index (χ4v) is 8.02. The fraction of sp³-hybridized carbons (Fsp3) is 0.658. The molecule has 5 unspecified atom stereocenters. The summed E-state index contributed by atoms with van der Waals surface area (Å²) < 4.78 is 0. The normalized spacial score (nSPS) is 14.0. The van der Waals surface area contributed by atoms with Gasteiger partial charge in [0.05, 0.1) is 0 Å². The fourth-order valence-electron chi connectivity index (χ4n) is 5.74. The number of nitrogens with zero attached hydrogens (tertiary/aromatic N) is 4. The van der Waals surface area contributed by atoms with E-state index in [9.17, 15) is 43.2 Å². The highest BCUT2D eigenvalue weighted by Gasteiger charge is 2.32. The highest BCUT2D eigenvalue weighted by Crippen LogP contribution is 2.23. The summed E-state index contributed by atoms with van der Waals surface area (Å²) in [5.74, 6) is -8.58. The molecule has 0 aromatic rings. The van der Waals surface area contributed by atoms with E-state index in [0.29, 0.717) is 0 Å². The van der Waals surface area contributed by atoms with Crippen LogP contribution in [-0.2, 0) is 43.2 Å². The third-order valence-corrected chi connectivity index (χ3v) is 11.9. The quantitative estimate of drug-likeness (QED) is 0.0120. The number of nitrogens with one attached hydrogen (secondary N) is 7. The monoisotopic (exact) mass is 1050 g/mol. The summed E-state index contributed by atoms with van der Waals surface area (Å²) in [6.45, 7) is 4.04. The number of amides is 8. The Hall–Kier alpha value is -7.03. The maximum atomic E-state index is 14.1. The number of aliphatic imine (C=N–C) groups is 4. The van der Waals surface area contributed by atoms with E-state index in [0.717, 1.165) is 21.6 Å². The van der Waals surface area contributed by atoms with E-state index in [1.54, 1.807) is 0 Å². The van der Waals surface area contributed by atoms with Crippen LogP contribution in [0.1, 0.15) is 72.1 Å². The lowest BCUT2D eigenvalue weighted by Gasteiger charge is -2.27. The summed E-state index contributed by atoms with van der Waals surface area (Å²) in [4.78, 5) is 133. The van der Waals surface area contributed by atoms with Crippen molar-refractivity contribution in [2.24, 2.45) is 77.3 Å². The predicted molar refractivity (Wildman–Crippen MR) is 270 cm³/mol. The van der Waals surface area contributed by atoms with E-state index >= 15 is 0 Å². The number of hydrogen-bond acceptors (Lipinski definition) is 16. The summed E-state index contributed by atoms with van der Waals surface area (Å²) in [6.07, 6.45) is 0.443. The molecule has 402 valence electrons. The van der Waals surface area contributed by atoms with E-state index < -0.39 is 102 Å². The SMILES string of the molecule is CC(=O)NC(CSSC[C@H](N)C(=O)O)C(=O)N[C@H](C)C(=O)NC(CCCN=C(N)N)C(=O)NC(CCCN=C(N)N)C(=O)NC(CCCN=C(N)N)C(=O)N[C@H](C)C(=O)NC(CCCN=C(N)N)C(N)=O. The Morgan fingerprint density at radius 1 is 0.437 bits per heavy atom. The first-order chi connectivity index (χ1) is 33.2. The van der Waals surface area contributed by atoms with Gasteiger partial charge >= 0.3 is 5.97 Å². The summed E-state index contributed by atoms with van der Waals surface area (Å²) in [6, 6.07) is -10.2. The molecule has 0 aromatic heterocycles. The molecule has 0 fully saturated rings. The van der Waals surface area contributed by atoms with Gasteiger partial charge in [0.2, 0.25) is 47.3 Å². The first-order valence-electron chi connectivity index (χ1n) is 22.1. The average molecular weight is 1050 g/mol. The van der Waals surface area contributed by atoms with Gasteiger partial charge in [0.25, 0.3) is 0 Å². The number of nitrogens with two attached hydrogens (primary N) is 10. The summed E-state index contributed by atoms with van der Waals surface area (Å²) >= 11 is 0. The van der Waals surface area contributed by atoms with Crippen LogP contribution in [0.3, 0.4) is 0 Å². The van der Waals surface area contributed by atoms with Crippen LogP contribution in [0.2, 0.25) is 0 Å². The number of guanidine groups is 4. The molecule has 0 rings (SSSR count). The van der Waals surface area contributed by atoms with Crippen LogP contribution in [0.25, 0.3) is 0 Å². The van der Waals surface area contributed by atoms with Gasteiger partial charge in [-0.3, -0.25) is 63.1 Å². The van der Waals surface area contributed by atoms with Crippen molar-refractivity contribution in [1.82, 2.24) is 37.2 Å². The number of carboxylic acids is 1. The lowest BCUT2D eigenvalue weighted by atomic mass is 10.0. The maximum absolute atomic E-state index is 14.1. The minimum absolute atomic E-state index is 0.00144. The molecule has 8 amide bonds. The number of carbonyl (C=O) groups is 9. The molecule has 0 saturated heterocycles. The second-order valence-electron chi connectivity index (χ2n) is 15.7. The van der Waals surface area contributed by atoms with Crippen molar-refractivity contribution in [3.8, 4) is 0 Å². The molecule has 0 aliphatic heterocycles. The minimum atomic E-state index is -1.41. The molecule has 28 N–H and O–H groups in total. The molecule has 33 heteroatoms. The second kappa shape index (κ2) is 35.1. The Kier molecular flexibility index (Phi) is 31.6. The smallest absolute Gasteiger partial charge is 0.321 e. The second-order valence-corrected chi connectivity index (χ2v) is 18.2.